The average Bonchev–Trinajstić information content (AvgIpc) is 3.44. The summed E-state index contributed by atoms with van der Waals surface area (Å²) in [4.78, 5) is 49.6. The minimum atomic E-state index is -1.93. The van der Waals surface area contributed by atoms with Crippen LogP contribution < -0.4 is 11.1 Å². The molecule has 0 saturated carbocycles. The van der Waals surface area contributed by atoms with Gasteiger partial charge in [-0.25, -0.2) is 0 Å². The number of aliphatic hydroxyl groups excluding tert-OH is 10. The van der Waals surface area contributed by atoms with Crippen molar-refractivity contribution in [1.29, 1.82) is 0 Å². The van der Waals surface area contributed by atoms with Crippen LogP contribution in [0.2, 0.25) is 0 Å². The lowest BCUT2D eigenvalue weighted by atomic mass is 10.0. The molecule has 1 aliphatic rings. The van der Waals surface area contributed by atoms with Gasteiger partial charge in [-0.3, -0.25) is 29.0 Å². The molecule has 0 aliphatic carbocycles. The molecule has 0 aromatic heterocycles. The van der Waals surface area contributed by atoms with Crippen LogP contribution >= 0.6 is 0 Å². The maximum Gasteiger partial charge on any atom is 0.253 e. The Kier molecular flexibility index (Phi) is 23.7. The Morgan fingerprint density at radius 1 is 0.692 bits per heavy atom. The fourth-order valence-corrected chi connectivity index (χ4v) is 4.88. The molecule has 21 heteroatoms. The van der Waals surface area contributed by atoms with Gasteiger partial charge in [-0.2, -0.15) is 0 Å². The Bertz CT molecular complexity index is 1040. The first-order chi connectivity index (χ1) is 24.6. The molecule has 13 N–H and O–H groups in total. The van der Waals surface area contributed by atoms with Gasteiger partial charge in [0.1, 0.15) is 42.7 Å². The van der Waals surface area contributed by atoms with Gasteiger partial charge in [-0.15, -0.1) is 0 Å². The summed E-state index contributed by atoms with van der Waals surface area (Å²) in [6.45, 7) is -1.50. The number of carbonyl (C=O) groups is 4. The smallest absolute Gasteiger partial charge is 0.253 e. The maximum absolute atomic E-state index is 12.4. The van der Waals surface area contributed by atoms with E-state index in [2.05, 4.69) is 5.32 Å². The molecule has 0 spiro atoms. The van der Waals surface area contributed by atoms with Crippen molar-refractivity contribution in [3.8, 4) is 0 Å². The van der Waals surface area contributed by atoms with E-state index in [1.54, 1.807) is 0 Å². The Labute approximate surface area is 300 Å². The summed E-state index contributed by atoms with van der Waals surface area (Å²) >= 11 is 0. The van der Waals surface area contributed by atoms with Gasteiger partial charge >= 0.3 is 0 Å². The quantitative estimate of drug-likeness (QED) is 0.0231. The first-order valence-corrected chi connectivity index (χ1v) is 16.9. The highest BCUT2D eigenvalue weighted by molar-refractivity contribution is 6.12. The summed E-state index contributed by atoms with van der Waals surface area (Å²) in [5, 5.41) is 101. The predicted molar refractivity (Wildman–Crippen MR) is 177 cm³/mol. The first-order valence-electron chi connectivity index (χ1n) is 16.9. The molecule has 0 aromatic rings. The Hall–Kier alpha value is -2.74. The van der Waals surface area contributed by atoms with Crippen LogP contribution in [-0.2, 0) is 33.4 Å². The maximum atomic E-state index is 12.4. The third kappa shape index (κ3) is 17.9. The highest BCUT2D eigenvalue weighted by Gasteiger charge is 2.34. The number of amides is 4. The highest BCUT2D eigenvalue weighted by Crippen LogP contribution is 2.13. The molecule has 0 unspecified atom stereocenters. The molecule has 9 atom stereocenters. The second-order valence-corrected chi connectivity index (χ2v) is 12.1. The fraction of sp³-hybridized carbons (Fsp3) is 0.806. The second-order valence-electron chi connectivity index (χ2n) is 12.1. The van der Waals surface area contributed by atoms with E-state index in [0.717, 1.165) is 4.90 Å². The van der Waals surface area contributed by atoms with Crippen LogP contribution in [0.4, 0.5) is 0 Å². The Balaban J connectivity index is 2.45. The van der Waals surface area contributed by atoms with Gasteiger partial charge in [0.25, 0.3) is 11.8 Å². The molecule has 1 aliphatic heterocycles. The van der Waals surface area contributed by atoms with Crippen LogP contribution in [0, 0.1) is 0 Å². The first kappa shape index (κ1) is 47.3. The number of unbranched alkanes of at least 4 members (excludes halogenated alkanes) is 1. The van der Waals surface area contributed by atoms with Crippen molar-refractivity contribution >= 4 is 23.6 Å². The molecule has 302 valence electrons. The number of ether oxygens (including phenoxy) is 3. The summed E-state index contributed by atoms with van der Waals surface area (Å²) in [6, 6.07) is -1.05. The molecular weight excluding hydrogens is 700 g/mol. The average molecular weight is 757 g/mol. The van der Waals surface area contributed by atoms with Gasteiger partial charge in [0.2, 0.25) is 11.8 Å². The largest absolute Gasteiger partial charge is 0.394 e. The molecule has 4 amide bonds. The second kappa shape index (κ2) is 26.1. The topological polar surface area (TPSA) is 343 Å². The molecule has 0 radical (unpaired) electrons. The molecule has 52 heavy (non-hydrogen) atoms. The zero-order chi connectivity index (χ0) is 39.2. The number of nitrogens with one attached hydrogen (secondary N) is 1. The van der Waals surface area contributed by atoms with Crippen LogP contribution in [0.5, 0.6) is 0 Å². The van der Waals surface area contributed by atoms with Crippen molar-refractivity contribution in [1.82, 2.24) is 15.1 Å². The zero-order valence-electron chi connectivity index (χ0n) is 29.0. The summed E-state index contributed by atoms with van der Waals surface area (Å²) < 4.78 is 16.0. The number of nitrogens with zero attached hydrogens (tertiary/aromatic N) is 2. The van der Waals surface area contributed by atoms with E-state index in [1.807, 2.05) is 0 Å². The third-order valence-corrected chi connectivity index (χ3v) is 8.01. The van der Waals surface area contributed by atoms with Crippen molar-refractivity contribution in [2.45, 2.75) is 80.6 Å². The molecule has 21 nitrogen and oxygen atoms in total. The van der Waals surface area contributed by atoms with E-state index in [4.69, 9.17) is 30.2 Å². The normalized spacial score (nSPS) is 18.6. The molecular formula is C31H56N4O17. The Morgan fingerprint density at radius 2 is 1.13 bits per heavy atom. The fourth-order valence-electron chi connectivity index (χ4n) is 4.88. The minimum Gasteiger partial charge on any atom is -0.394 e. The number of nitrogens with two attached hydrogens (primary N) is 1. The van der Waals surface area contributed by atoms with E-state index < -0.39 is 93.0 Å². The third-order valence-electron chi connectivity index (χ3n) is 8.01. The van der Waals surface area contributed by atoms with E-state index in [0.29, 0.717) is 0 Å². The Morgan fingerprint density at radius 3 is 1.60 bits per heavy atom. The van der Waals surface area contributed by atoms with E-state index >= 15 is 0 Å². The highest BCUT2D eigenvalue weighted by atomic mass is 16.5. The number of rotatable bonds is 31. The van der Waals surface area contributed by atoms with Gasteiger partial charge < -0.3 is 76.3 Å². The minimum absolute atomic E-state index is 0.0223. The molecule has 0 fully saturated rings. The molecule has 1 rings (SSSR count). The summed E-state index contributed by atoms with van der Waals surface area (Å²) in [5.41, 5.74) is 5.45. The summed E-state index contributed by atoms with van der Waals surface area (Å²) in [5.74, 6) is -2.08. The van der Waals surface area contributed by atoms with Crippen LogP contribution in [-0.4, -0.2) is 218 Å². The van der Waals surface area contributed by atoms with Gasteiger partial charge in [0.15, 0.2) is 0 Å². The SMILES string of the molecule is NC(=O)[C@H](CCCCN(C[C@H](O)[C@@H](O)[C@H](O)[C@H](O)CO)C[C@H](O)[C@@H](O)[C@H](O)[C@H](O)CO)NC(=O)CCOCCOCCOCCN1C(=O)C=CC1=O. The van der Waals surface area contributed by atoms with Gasteiger partial charge in [0, 0.05) is 31.7 Å². The lowest BCUT2D eigenvalue weighted by Crippen LogP contribution is -2.53. The van der Waals surface area contributed by atoms with Gasteiger partial charge in [-0.05, 0) is 25.8 Å². The molecule has 0 bridgehead atoms. The summed E-state index contributed by atoms with van der Waals surface area (Å²) in [7, 11) is 0. The van der Waals surface area contributed by atoms with E-state index in [-0.39, 0.29) is 90.2 Å². The van der Waals surface area contributed by atoms with Gasteiger partial charge in [0.05, 0.1) is 71.6 Å². The summed E-state index contributed by atoms with van der Waals surface area (Å²) in [6.07, 6.45) is -11.8. The van der Waals surface area contributed by atoms with Gasteiger partial charge in [-0.1, -0.05) is 0 Å². The number of primary amides is 1. The number of hydrogen-bond donors (Lipinski definition) is 12. The monoisotopic (exact) mass is 756 g/mol. The molecule has 1 heterocycles. The predicted octanol–water partition coefficient (Wildman–Crippen LogP) is -7.33. The van der Waals surface area contributed by atoms with E-state index in [9.17, 15) is 60.0 Å². The van der Waals surface area contributed by atoms with Crippen LogP contribution in [0.1, 0.15) is 25.7 Å². The standard InChI is InChI=1S/C31H56N4O17/c32-31(49)19(33-24(42)6-9-50-11-13-52-14-12-51-10-8-35-25(43)4-5-26(35)44)3-1-2-7-34(15-20(38)27(45)29(47)22(40)17-36)16-21(39)28(46)30(48)23(41)18-37/h4-5,19-23,27-30,36-41,45-48H,1-3,6-18H2,(H2,32,49)(H,33,42)/t19-,20-,21-,22+,23+,27+,28+,29+,30+/m0/s1. The number of imide groups is 1. The lowest BCUT2D eigenvalue weighted by molar-refractivity contribution is -0.137. The molecule has 0 aromatic carbocycles. The number of carbonyl (C=O) groups excluding carboxylic acids is 4. The van der Waals surface area contributed by atoms with Crippen LogP contribution in [0.25, 0.3) is 0 Å². The van der Waals surface area contributed by atoms with E-state index in [1.165, 1.54) is 17.1 Å². The number of hydrogen-bond acceptors (Lipinski definition) is 18. The van der Waals surface area contributed by atoms with Crippen LogP contribution in [0.3, 0.4) is 0 Å². The van der Waals surface area contributed by atoms with Crippen LogP contribution in [0.15, 0.2) is 12.2 Å². The van der Waals surface area contributed by atoms with Crippen molar-refractivity contribution in [2.24, 2.45) is 5.73 Å². The number of aliphatic hydroxyl groups is 10. The van der Waals surface area contributed by atoms with Crippen molar-refractivity contribution in [2.75, 3.05) is 79.0 Å². The molecule has 0 saturated heterocycles. The van der Waals surface area contributed by atoms with Crippen molar-refractivity contribution in [3.05, 3.63) is 12.2 Å². The zero-order valence-corrected chi connectivity index (χ0v) is 29.0. The lowest BCUT2D eigenvalue weighted by Gasteiger charge is -2.33. The van der Waals surface area contributed by atoms with Crippen molar-refractivity contribution in [3.63, 3.8) is 0 Å². The van der Waals surface area contributed by atoms with Crippen molar-refractivity contribution < 1.29 is 84.5 Å².